The molecular weight excluding hydrogens is 488 g/mol. The number of ether oxygens (including phenoxy) is 2. The van der Waals surface area contributed by atoms with Gasteiger partial charge in [0.25, 0.3) is 0 Å². The fourth-order valence-electron chi connectivity index (χ4n) is 4.05. The molecule has 0 unspecified atom stereocenters. The Kier molecular flexibility index (Phi) is 9.88. The van der Waals surface area contributed by atoms with E-state index in [-0.39, 0.29) is 0 Å². The van der Waals surface area contributed by atoms with Gasteiger partial charge in [-0.05, 0) is 64.6 Å². The van der Waals surface area contributed by atoms with Crippen LogP contribution in [0.1, 0.15) is 42.0 Å². The summed E-state index contributed by atoms with van der Waals surface area (Å²) in [6, 6.07) is 35.7. The second-order valence-electron chi connectivity index (χ2n) is 9.47. The summed E-state index contributed by atoms with van der Waals surface area (Å²) in [6.45, 7) is 5.87. The van der Waals surface area contributed by atoms with Crippen LogP contribution in [0.5, 0.6) is 11.5 Å². The maximum absolute atomic E-state index is 5.38. The van der Waals surface area contributed by atoms with Crippen LogP contribution in [0.25, 0.3) is 0 Å². The molecule has 4 aromatic carbocycles. The molecule has 0 amide bonds. The van der Waals surface area contributed by atoms with Crippen LogP contribution >= 0.6 is 11.8 Å². The molecule has 0 radical (unpaired) electrons. The highest BCUT2D eigenvalue weighted by Crippen LogP contribution is 2.26. The first-order chi connectivity index (χ1) is 18.5. The summed E-state index contributed by atoms with van der Waals surface area (Å²) in [7, 11) is 3.39. The number of methoxy groups -OCH3 is 2. The number of aliphatic imine (C=N–C) groups is 1. The standard InChI is InChI=1S/C33H36N2O2S/c1-25(2)29-14-16-30(17-15-29)34-33(38-24-28-8-6-5-7-9-28)35(22-26-10-18-31(36-3)19-11-26)23-27-12-20-32(37-4)21-13-27/h5-21,25H,22-24H2,1-4H3. The third-order valence-electron chi connectivity index (χ3n) is 6.33. The van der Waals surface area contributed by atoms with Crippen molar-refractivity contribution < 1.29 is 9.47 Å². The van der Waals surface area contributed by atoms with Gasteiger partial charge in [0.1, 0.15) is 11.5 Å². The van der Waals surface area contributed by atoms with Crippen LogP contribution in [0.15, 0.2) is 108 Å². The molecule has 4 aromatic rings. The minimum absolute atomic E-state index is 0.488. The van der Waals surface area contributed by atoms with Crippen molar-refractivity contribution in [2.45, 2.75) is 38.6 Å². The van der Waals surface area contributed by atoms with Crippen LogP contribution in [0.4, 0.5) is 5.69 Å². The Hall–Kier alpha value is -3.70. The van der Waals surface area contributed by atoms with E-state index in [1.54, 1.807) is 26.0 Å². The lowest BCUT2D eigenvalue weighted by atomic mass is 10.0. The predicted molar refractivity (Wildman–Crippen MR) is 161 cm³/mol. The molecule has 0 saturated carbocycles. The number of rotatable bonds is 10. The van der Waals surface area contributed by atoms with Crippen molar-refractivity contribution in [3.63, 3.8) is 0 Å². The molecule has 5 heteroatoms. The second kappa shape index (κ2) is 13.7. The molecule has 38 heavy (non-hydrogen) atoms. The van der Waals surface area contributed by atoms with Gasteiger partial charge in [0.15, 0.2) is 5.17 Å². The molecule has 4 nitrogen and oxygen atoms in total. The van der Waals surface area contributed by atoms with Crippen molar-refractivity contribution in [2.24, 2.45) is 4.99 Å². The van der Waals surface area contributed by atoms with Gasteiger partial charge < -0.3 is 14.4 Å². The molecule has 0 atom stereocenters. The Morgan fingerprint density at radius 2 is 1.21 bits per heavy atom. The Bertz CT molecular complexity index is 1240. The van der Waals surface area contributed by atoms with E-state index >= 15 is 0 Å². The summed E-state index contributed by atoms with van der Waals surface area (Å²) in [4.78, 5) is 7.55. The lowest BCUT2D eigenvalue weighted by Crippen LogP contribution is -2.28. The van der Waals surface area contributed by atoms with Crippen LogP contribution in [0.3, 0.4) is 0 Å². The zero-order chi connectivity index (χ0) is 26.7. The van der Waals surface area contributed by atoms with Gasteiger partial charge in [0.2, 0.25) is 0 Å². The van der Waals surface area contributed by atoms with Gasteiger partial charge in [-0.2, -0.15) is 0 Å². The summed E-state index contributed by atoms with van der Waals surface area (Å²) in [5.41, 5.74) is 5.94. The van der Waals surface area contributed by atoms with Gasteiger partial charge in [-0.15, -0.1) is 0 Å². The summed E-state index contributed by atoms with van der Waals surface area (Å²) in [5, 5.41) is 0.984. The van der Waals surface area contributed by atoms with E-state index in [0.717, 1.165) is 41.2 Å². The van der Waals surface area contributed by atoms with Gasteiger partial charge in [0.05, 0.1) is 19.9 Å². The molecule has 0 aromatic heterocycles. The summed E-state index contributed by atoms with van der Waals surface area (Å²) in [6.07, 6.45) is 0. The number of thioether (sulfide) groups is 1. The van der Waals surface area contributed by atoms with Crippen molar-refractivity contribution in [3.8, 4) is 11.5 Å². The highest BCUT2D eigenvalue weighted by molar-refractivity contribution is 8.13. The van der Waals surface area contributed by atoms with E-state index < -0.39 is 0 Å². The van der Waals surface area contributed by atoms with Crippen molar-refractivity contribution >= 4 is 22.6 Å². The molecule has 0 fully saturated rings. The lowest BCUT2D eigenvalue weighted by molar-refractivity contribution is 0.405. The van der Waals surface area contributed by atoms with Crippen LogP contribution in [-0.4, -0.2) is 24.3 Å². The quantitative estimate of drug-likeness (QED) is 0.154. The Balaban J connectivity index is 1.69. The largest absolute Gasteiger partial charge is 0.497 e. The molecule has 0 aliphatic heterocycles. The first-order valence-corrected chi connectivity index (χ1v) is 13.9. The maximum atomic E-state index is 5.38. The second-order valence-corrected chi connectivity index (χ2v) is 10.4. The zero-order valence-corrected chi connectivity index (χ0v) is 23.4. The SMILES string of the molecule is COc1ccc(CN(Cc2ccc(OC)cc2)C(=Nc2ccc(C(C)C)cc2)SCc2ccccc2)cc1. The first-order valence-electron chi connectivity index (χ1n) is 12.9. The molecule has 0 heterocycles. The lowest BCUT2D eigenvalue weighted by Gasteiger charge is -2.26. The van der Waals surface area contributed by atoms with Gasteiger partial charge in [0, 0.05) is 18.8 Å². The van der Waals surface area contributed by atoms with Crippen molar-refractivity contribution in [1.29, 1.82) is 0 Å². The molecule has 4 rings (SSSR count). The smallest absolute Gasteiger partial charge is 0.165 e. The van der Waals surface area contributed by atoms with Crippen LogP contribution < -0.4 is 9.47 Å². The third-order valence-corrected chi connectivity index (χ3v) is 7.42. The normalized spacial score (nSPS) is 11.4. The minimum Gasteiger partial charge on any atom is -0.497 e. The first kappa shape index (κ1) is 27.3. The van der Waals surface area contributed by atoms with Gasteiger partial charge >= 0.3 is 0 Å². The van der Waals surface area contributed by atoms with Crippen LogP contribution in [0, 0.1) is 0 Å². The summed E-state index contributed by atoms with van der Waals surface area (Å²) >= 11 is 1.77. The zero-order valence-electron chi connectivity index (χ0n) is 22.6. The van der Waals surface area contributed by atoms with E-state index in [2.05, 4.69) is 97.6 Å². The van der Waals surface area contributed by atoms with Crippen LogP contribution in [-0.2, 0) is 18.8 Å². The molecule has 0 saturated heterocycles. The topological polar surface area (TPSA) is 34.1 Å². The molecule has 0 aliphatic rings. The molecule has 0 aliphatic carbocycles. The Morgan fingerprint density at radius 1 is 0.684 bits per heavy atom. The molecule has 0 spiro atoms. The van der Waals surface area contributed by atoms with E-state index in [0.29, 0.717) is 5.92 Å². The van der Waals surface area contributed by atoms with E-state index in [4.69, 9.17) is 14.5 Å². The summed E-state index contributed by atoms with van der Waals surface area (Å²) in [5.74, 6) is 3.04. The van der Waals surface area contributed by atoms with E-state index in [1.165, 1.54) is 22.3 Å². The van der Waals surface area contributed by atoms with Gasteiger partial charge in [-0.1, -0.05) is 92.3 Å². The fourth-order valence-corrected chi connectivity index (χ4v) is 5.02. The predicted octanol–water partition coefficient (Wildman–Crippen LogP) is 8.45. The Morgan fingerprint density at radius 3 is 1.68 bits per heavy atom. The van der Waals surface area contributed by atoms with E-state index in [9.17, 15) is 0 Å². The Labute approximate surface area is 231 Å². The number of amidine groups is 1. The van der Waals surface area contributed by atoms with Crippen molar-refractivity contribution in [2.75, 3.05) is 14.2 Å². The fraction of sp³-hybridized carbons (Fsp3) is 0.242. The van der Waals surface area contributed by atoms with Crippen molar-refractivity contribution in [3.05, 3.63) is 125 Å². The molecule has 196 valence electrons. The molecular formula is C33H36N2O2S. The number of nitrogens with zero attached hydrogens (tertiary/aromatic N) is 2. The third kappa shape index (κ3) is 7.90. The number of benzene rings is 4. The highest BCUT2D eigenvalue weighted by Gasteiger charge is 2.16. The number of hydrogen-bond donors (Lipinski definition) is 0. The molecule has 0 bridgehead atoms. The maximum Gasteiger partial charge on any atom is 0.165 e. The average molecular weight is 525 g/mol. The highest BCUT2D eigenvalue weighted by atomic mass is 32.2. The van der Waals surface area contributed by atoms with E-state index in [1.807, 2.05) is 24.3 Å². The van der Waals surface area contributed by atoms with Gasteiger partial charge in [-0.25, -0.2) is 4.99 Å². The summed E-state index contributed by atoms with van der Waals surface area (Å²) < 4.78 is 10.8. The minimum atomic E-state index is 0.488. The van der Waals surface area contributed by atoms with Crippen LogP contribution in [0.2, 0.25) is 0 Å². The number of hydrogen-bond acceptors (Lipinski definition) is 4. The monoisotopic (exact) mass is 524 g/mol. The van der Waals surface area contributed by atoms with Crippen molar-refractivity contribution in [1.82, 2.24) is 4.90 Å². The van der Waals surface area contributed by atoms with Gasteiger partial charge in [-0.3, -0.25) is 0 Å². The molecule has 0 N–H and O–H groups in total. The average Bonchev–Trinajstić information content (AvgIpc) is 2.96.